The number of phosphoric ester groups is 1. The minimum Gasteiger partial charge on any atom is -0.508 e. The van der Waals surface area contributed by atoms with E-state index in [1.54, 1.807) is 24.3 Å². The zero-order valence-corrected chi connectivity index (χ0v) is 21.5. The summed E-state index contributed by atoms with van der Waals surface area (Å²) in [5.74, 6) is -0.552. The Morgan fingerprint density at radius 3 is 2.15 bits per heavy atom. The number of phenols is 2. The zero-order valence-electron chi connectivity index (χ0n) is 20.6. The molecule has 204 valence electrons. The summed E-state index contributed by atoms with van der Waals surface area (Å²) in [6.45, 7) is 0.346. The van der Waals surface area contributed by atoms with Crippen LogP contribution >= 0.6 is 7.82 Å². The molecule has 0 saturated carbocycles. The number of carbonyl (C=O) groups is 2. The molecule has 1 amide bonds. The van der Waals surface area contributed by atoms with Gasteiger partial charge in [0.2, 0.25) is 0 Å². The van der Waals surface area contributed by atoms with Crippen LogP contribution in [0.25, 0.3) is 0 Å². The van der Waals surface area contributed by atoms with E-state index in [4.69, 9.17) is 19.3 Å². The van der Waals surface area contributed by atoms with Crippen LogP contribution in [0.5, 0.6) is 23.0 Å². The number of rotatable bonds is 9. The van der Waals surface area contributed by atoms with Crippen molar-refractivity contribution in [1.29, 1.82) is 0 Å². The van der Waals surface area contributed by atoms with Crippen molar-refractivity contribution in [2.24, 2.45) is 0 Å². The Hall–Kier alpha value is -3.89. The SMILES string of the molecule is O=C(NCCCCCCOP(=O)(O)O)c1ccc2c(c1)C1(OC2=O)c2ccc(O)cc2Oc2cc(O)ccc21. The normalized spacial score (nSPS) is 14.7. The Morgan fingerprint density at radius 2 is 1.51 bits per heavy atom. The van der Waals surface area contributed by atoms with Gasteiger partial charge in [0.25, 0.3) is 5.91 Å². The van der Waals surface area contributed by atoms with Crippen molar-refractivity contribution in [3.8, 4) is 23.0 Å². The third-order valence-electron chi connectivity index (χ3n) is 6.65. The molecular weight excluding hydrogens is 529 g/mol. The van der Waals surface area contributed by atoms with Crippen LogP contribution in [0.15, 0.2) is 54.6 Å². The Morgan fingerprint density at radius 1 is 0.872 bits per heavy atom. The van der Waals surface area contributed by atoms with E-state index in [1.165, 1.54) is 30.3 Å². The highest BCUT2D eigenvalue weighted by Gasteiger charge is 2.53. The molecule has 1 spiro atoms. The minimum absolute atomic E-state index is 0.0369. The fourth-order valence-corrected chi connectivity index (χ4v) is 5.28. The summed E-state index contributed by atoms with van der Waals surface area (Å²) in [7, 11) is -4.45. The van der Waals surface area contributed by atoms with E-state index in [0.29, 0.717) is 48.1 Å². The Bertz CT molecular complexity index is 1450. The van der Waals surface area contributed by atoms with Crippen LogP contribution in [-0.4, -0.2) is 45.0 Å². The molecule has 0 fully saturated rings. The van der Waals surface area contributed by atoms with Gasteiger partial charge in [0, 0.05) is 40.9 Å². The number of esters is 1. The standard InChI is InChI=1S/C27H26NO10P/c29-17-6-9-20-23(14-17)37-24-15-18(30)7-10-21(24)27(20)22-13-16(5-8-19(22)26(32)38-27)25(31)28-11-3-1-2-4-12-36-39(33,34)35/h5-10,13-15,29-30H,1-4,11-12H2,(H,28,31)(H2,33,34,35). The van der Waals surface area contributed by atoms with E-state index in [9.17, 15) is 24.4 Å². The molecule has 2 aliphatic heterocycles. The van der Waals surface area contributed by atoms with Gasteiger partial charge in [-0.3, -0.25) is 9.32 Å². The number of fused-ring (bicyclic) bond motifs is 6. The van der Waals surface area contributed by atoms with E-state index >= 15 is 0 Å². The molecular formula is C27H26NO10P. The molecule has 2 heterocycles. The lowest BCUT2D eigenvalue weighted by molar-refractivity contribution is 0.0224. The maximum atomic E-state index is 13.0. The van der Waals surface area contributed by atoms with E-state index in [2.05, 4.69) is 9.84 Å². The average Bonchev–Trinajstić information content (AvgIpc) is 3.16. The molecule has 0 atom stereocenters. The van der Waals surface area contributed by atoms with Crippen molar-refractivity contribution in [2.75, 3.05) is 13.2 Å². The molecule has 0 aliphatic carbocycles. The molecule has 0 unspecified atom stereocenters. The Balaban J connectivity index is 1.37. The van der Waals surface area contributed by atoms with Crippen molar-refractivity contribution in [2.45, 2.75) is 31.3 Å². The third-order valence-corrected chi connectivity index (χ3v) is 7.17. The molecule has 11 nitrogen and oxygen atoms in total. The maximum Gasteiger partial charge on any atom is 0.469 e. The van der Waals surface area contributed by atoms with Crippen LogP contribution in [0.4, 0.5) is 0 Å². The summed E-state index contributed by atoms with van der Waals surface area (Å²) in [6, 6.07) is 13.6. The van der Waals surface area contributed by atoms with Crippen molar-refractivity contribution >= 4 is 19.7 Å². The number of phosphoric acid groups is 1. The summed E-state index contributed by atoms with van der Waals surface area (Å²) in [5.41, 5.74) is 0.504. The van der Waals surface area contributed by atoms with Crippen LogP contribution in [0.1, 0.15) is 63.1 Å². The Labute approximate surface area is 223 Å². The van der Waals surface area contributed by atoms with Gasteiger partial charge in [0.05, 0.1) is 12.2 Å². The quantitative estimate of drug-likeness (QED) is 0.147. The fraction of sp³-hybridized carbons (Fsp3) is 0.259. The molecule has 3 aromatic carbocycles. The molecule has 0 bridgehead atoms. The predicted octanol–water partition coefficient (Wildman–Crippen LogP) is 4.07. The van der Waals surface area contributed by atoms with E-state index in [1.807, 2.05) is 0 Å². The topological polar surface area (TPSA) is 172 Å². The average molecular weight is 555 g/mol. The molecule has 3 aromatic rings. The van der Waals surface area contributed by atoms with Gasteiger partial charge >= 0.3 is 13.8 Å². The van der Waals surface area contributed by atoms with Crippen molar-refractivity contribution < 1.29 is 48.2 Å². The molecule has 5 rings (SSSR count). The number of hydrogen-bond donors (Lipinski definition) is 5. The molecule has 0 radical (unpaired) electrons. The van der Waals surface area contributed by atoms with Crippen LogP contribution in [-0.2, 0) is 19.4 Å². The van der Waals surface area contributed by atoms with Gasteiger partial charge in [-0.25, -0.2) is 9.36 Å². The number of ether oxygens (including phenoxy) is 2. The first-order valence-electron chi connectivity index (χ1n) is 12.3. The van der Waals surface area contributed by atoms with Crippen molar-refractivity contribution in [3.05, 3.63) is 82.4 Å². The number of benzene rings is 3. The summed E-state index contributed by atoms with van der Waals surface area (Å²) >= 11 is 0. The zero-order chi connectivity index (χ0) is 27.8. The van der Waals surface area contributed by atoms with Crippen molar-refractivity contribution in [3.63, 3.8) is 0 Å². The first-order chi connectivity index (χ1) is 18.6. The number of phenolic OH excluding ortho intramolecular Hbond substituents is 2. The molecule has 39 heavy (non-hydrogen) atoms. The molecule has 5 N–H and O–H groups in total. The molecule has 12 heteroatoms. The summed E-state index contributed by atoms with van der Waals surface area (Å²) in [5, 5.41) is 23.0. The smallest absolute Gasteiger partial charge is 0.469 e. The minimum atomic E-state index is -4.45. The first kappa shape index (κ1) is 26.7. The highest BCUT2D eigenvalue weighted by Crippen LogP contribution is 2.57. The number of aromatic hydroxyl groups is 2. The summed E-state index contributed by atoms with van der Waals surface area (Å²) in [4.78, 5) is 43.4. The lowest BCUT2D eigenvalue weighted by atomic mass is 9.77. The predicted molar refractivity (Wildman–Crippen MR) is 137 cm³/mol. The molecule has 2 aliphatic rings. The monoisotopic (exact) mass is 555 g/mol. The summed E-state index contributed by atoms with van der Waals surface area (Å²) < 4.78 is 27.0. The summed E-state index contributed by atoms with van der Waals surface area (Å²) in [6.07, 6.45) is 2.56. The number of carbonyl (C=O) groups excluding carboxylic acids is 2. The lowest BCUT2D eigenvalue weighted by Crippen LogP contribution is -2.33. The van der Waals surface area contributed by atoms with Gasteiger partial charge in [-0.1, -0.05) is 12.8 Å². The van der Waals surface area contributed by atoms with Gasteiger partial charge < -0.3 is 34.8 Å². The van der Waals surface area contributed by atoms with Gasteiger partial charge in [0.15, 0.2) is 5.60 Å². The van der Waals surface area contributed by atoms with Gasteiger partial charge in [-0.2, -0.15) is 0 Å². The Kier molecular flexibility index (Phi) is 7.09. The van der Waals surface area contributed by atoms with E-state index in [-0.39, 0.29) is 41.1 Å². The first-order valence-corrected chi connectivity index (χ1v) is 13.8. The second-order valence-corrected chi connectivity index (χ2v) is 10.5. The maximum absolute atomic E-state index is 13.0. The highest BCUT2D eigenvalue weighted by molar-refractivity contribution is 7.46. The largest absolute Gasteiger partial charge is 0.508 e. The molecule has 0 saturated heterocycles. The second-order valence-electron chi connectivity index (χ2n) is 9.29. The van der Waals surface area contributed by atoms with Crippen molar-refractivity contribution in [1.82, 2.24) is 5.32 Å². The number of amides is 1. The van der Waals surface area contributed by atoms with E-state index < -0.39 is 19.4 Å². The number of unbranched alkanes of at least 4 members (excludes halogenated alkanes) is 3. The van der Waals surface area contributed by atoms with Crippen LogP contribution < -0.4 is 10.1 Å². The van der Waals surface area contributed by atoms with E-state index in [0.717, 1.165) is 6.42 Å². The van der Waals surface area contributed by atoms with Crippen LogP contribution in [0.2, 0.25) is 0 Å². The van der Waals surface area contributed by atoms with Gasteiger partial charge in [-0.15, -0.1) is 0 Å². The van der Waals surface area contributed by atoms with Gasteiger partial charge in [0.1, 0.15) is 23.0 Å². The second kappa shape index (κ2) is 10.3. The number of nitrogens with one attached hydrogen (secondary N) is 1. The highest BCUT2D eigenvalue weighted by atomic mass is 31.2. The van der Waals surface area contributed by atoms with Crippen LogP contribution in [0.3, 0.4) is 0 Å². The van der Waals surface area contributed by atoms with Crippen LogP contribution in [0, 0.1) is 0 Å². The molecule has 0 aromatic heterocycles. The number of hydrogen-bond acceptors (Lipinski definition) is 8. The van der Waals surface area contributed by atoms with Gasteiger partial charge in [-0.05, 0) is 55.3 Å². The third kappa shape index (κ3) is 5.22. The lowest BCUT2D eigenvalue weighted by Gasteiger charge is -2.36. The fourth-order valence-electron chi connectivity index (χ4n) is 4.91.